The third kappa shape index (κ3) is 4.24. The zero-order valence-electron chi connectivity index (χ0n) is 8.08. The maximum atomic E-state index is 4.21. The number of rotatable bonds is 5. The summed E-state index contributed by atoms with van der Waals surface area (Å²) in [5, 5.41) is 3.99. The second-order valence-electron chi connectivity index (χ2n) is 2.85. The highest BCUT2D eigenvalue weighted by Gasteiger charge is 1.95. The fraction of sp³-hybridized carbons (Fsp3) is 0.556. The Morgan fingerprint density at radius 3 is 2.69 bits per heavy atom. The predicted molar refractivity (Wildman–Crippen MR) is 56.0 cm³/mol. The zero-order valence-corrected chi connectivity index (χ0v) is 8.90. The minimum absolute atomic E-state index is 0.877. The average Bonchev–Trinajstić information content (AvgIpc) is 2.15. The monoisotopic (exact) mass is 197 g/mol. The molecule has 0 aliphatic rings. The largest absolute Gasteiger partial charge is 0.320 e. The Hall–Kier alpha value is -0.610. The van der Waals surface area contributed by atoms with Crippen LogP contribution >= 0.6 is 11.8 Å². The van der Waals surface area contributed by atoms with Crippen molar-refractivity contribution in [1.82, 2.24) is 15.3 Å². The maximum Gasteiger partial charge on any atom is 0.187 e. The van der Waals surface area contributed by atoms with Crippen LogP contribution in [0.4, 0.5) is 0 Å². The Bertz CT molecular complexity index is 235. The summed E-state index contributed by atoms with van der Waals surface area (Å²) in [5.41, 5.74) is 1.11. The lowest BCUT2D eigenvalue weighted by molar-refractivity contribution is 0.776. The van der Waals surface area contributed by atoms with Gasteiger partial charge in [-0.05, 0) is 32.5 Å². The number of nitrogens with one attached hydrogen (secondary N) is 1. The van der Waals surface area contributed by atoms with E-state index in [0.717, 1.165) is 29.4 Å². The van der Waals surface area contributed by atoms with Gasteiger partial charge in [-0.3, -0.25) is 0 Å². The zero-order chi connectivity index (χ0) is 9.52. The normalized spacial score (nSPS) is 10.3. The van der Waals surface area contributed by atoms with Gasteiger partial charge in [0.25, 0.3) is 0 Å². The Morgan fingerprint density at radius 2 is 2.08 bits per heavy atom. The minimum atomic E-state index is 0.877. The quantitative estimate of drug-likeness (QED) is 0.441. The summed E-state index contributed by atoms with van der Waals surface area (Å²) in [6, 6.07) is 0. The second-order valence-corrected chi connectivity index (χ2v) is 3.91. The van der Waals surface area contributed by atoms with Crippen molar-refractivity contribution in [2.45, 2.75) is 18.5 Å². The van der Waals surface area contributed by atoms with E-state index in [1.807, 2.05) is 26.4 Å². The first-order chi connectivity index (χ1) is 6.33. The summed E-state index contributed by atoms with van der Waals surface area (Å²) >= 11 is 1.71. The van der Waals surface area contributed by atoms with Gasteiger partial charge in [-0.25, -0.2) is 9.97 Å². The van der Waals surface area contributed by atoms with Crippen LogP contribution in [0.25, 0.3) is 0 Å². The van der Waals surface area contributed by atoms with E-state index >= 15 is 0 Å². The summed E-state index contributed by atoms with van der Waals surface area (Å²) in [4.78, 5) is 8.41. The summed E-state index contributed by atoms with van der Waals surface area (Å²) in [6.07, 6.45) is 4.86. The molecule has 0 aromatic carbocycles. The highest BCUT2D eigenvalue weighted by Crippen LogP contribution is 2.12. The van der Waals surface area contributed by atoms with Crippen LogP contribution in [-0.4, -0.2) is 29.3 Å². The molecular formula is C9H15N3S. The van der Waals surface area contributed by atoms with Crippen LogP contribution in [0.15, 0.2) is 17.6 Å². The smallest absolute Gasteiger partial charge is 0.187 e. The summed E-state index contributed by atoms with van der Waals surface area (Å²) in [7, 11) is 1.97. The molecule has 0 saturated carbocycles. The van der Waals surface area contributed by atoms with Gasteiger partial charge in [0, 0.05) is 18.1 Å². The maximum absolute atomic E-state index is 4.21. The van der Waals surface area contributed by atoms with Gasteiger partial charge in [0.1, 0.15) is 0 Å². The first kappa shape index (κ1) is 10.5. The van der Waals surface area contributed by atoms with Crippen molar-refractivity contribution in [3.63, 3.8) is 0 Å². The lowest BCUT2D eigenvalue weighted by Crippen LogP contribution is -2.08. The van der Waals surface area contributed by atoms with Gasteiger partial charge in [-0.15, -0.1) is 0 Å². The van der Waals surface area contributed by atoms with Gasteiger partial charge < -0.3 is 5.32 Å². The molecule has 0 spiro atoms. The van der Waals surface area contributed by atoms with E-state index in [1.54, 1.807) is 11.8 Å². The molecule has 0 aliphatic carbocycles. The third-order valence-corrected chi connectivity index (χ3v) is 2.52. The van der Waals surface area contributed by atoms with Crippen molar-refractivity contribution in [2.75, 3.05) is 19.3 Å². The molecule has 1 rings (SSSR count). The van der Waals surface area contributed by atoms with Crippen LogP contribution in [-0.2, 0) is 0 Å². The van der Waals surface area contributed by atoms with E-state index in [1.165, 1.54) is 0 Å². The van der Waals surface area contributed by atoms with Gasteiger partial charge in [0.15, 0.2) is 5.16 Å². The molecule has 0 aliphatic heterocycles. The fourth-order valence-electron chi connectivity index (χ4n) is 0.868. The third-order valence-electron chi connectivity index (χ3n) is 1.56. The van der Waals surface area contributed by atoms with E-state index in [0.29, 0.717) is 0 Å². The van der Waals surface area contributed by atoms with E-state index in [9.17, 15) is 0 Å². The average molecular weight is 197 g/mol. The molecule has 1 N–H and O–H groups in total. The Morgan fingerprint density at radius 1 is 1.38 bits per heavy atom. The molecule has 0 fully saturated rings. The molecule has 0 amide bonds. The molecule has 0 bridgehead atoms. The van der Waals surface area contributed by atoms with Crippen LogP contribution in [0.1, 0.15) is 12.0 Å². The van der Waals surface area contributed by atoms with E-state index in [2.05, 4.69) is 15.3 Å². The highest BCUT2D eigenvalue weighted by molar-refractivity contribution is 7.99. The number of hydrogen-bond acceptors (Lipinski definition) is 4. The number of aromatic nitrogens is 2. The molecule has 3 nitrogen and oxygen atoms in total. The molecule has 0 unspecified atom stereocenters. The molecule has 0 atom stereocenters. The highest BCUT2D eigenvalue weighted by atomic mass is 32.2. The summed E-state index contributed by atoms with van der Waals surface area (Å²) in [6.45, 7) is 3.05. The topological polar surface area (TPSA) is 37.8 Å². The first-order valence-electron chi connectivity index (χ1n) is 4.39. The molecule has 0 saturated heterocycles. The fourth-order valence-corrected chi connectivity index (χ4v) is 1.59. The van der Waals surface area contributed by atoms with Gasteiger partial charge in [0.2, 0.25) is 0 Å². The van der Waals surface area contributed by atoms with E-state index < -0.39 is 0 Å². The van der Waals surface area contributed by atoms with Crippen LogP contribution in [0, 0.1) is 6.92 Å². The standard InChI is InChI=1S/C9H15N3S/c1-8-6-11-9(12-7-8)13-5-3-4-10-2/h6-7,10H,3-5H2,1-2H3. The van der Waals surface area contributed by atoms with E-state index in [-0.39, 0.29) is 0 Å². The summed E-state index contributed by atoms with van der Waals surface area (Å²) in [5.74, 6) is 1.07. The molecule has 72 valence electrons. The van der Waals surface area contributed by atoms with Crippen LogP contribution in [0.3, 0.4) is 0 Å². The van der Waals surface area contributed by atoms with Gasteiger partial charge in [-0.1, -0.05) is 11.8 Å². The Balaban J connectivity index is 2.25. The van der Waals surface area contributed by atoms with Crippen molar-refractivity contribution in [1.29, 1.82) is 0 Å². The number of thioether (sulfide) groups is 1. The van der Waals surface area contributed by atoms with Crippen molar-refractivity contribution >= 4 is 11.8 Å². The predicted octanol–water partition coefficient (Wildman–Crippen LogP) is 1.49. The molecule has 1 aromatic heterocycles. The lowest BCUT2D eigenvalue weighted by atomic mass is 10.4. The SMILES string of the molecule is CNCCCSc1ncc(C)cn1. The van der Waals surface area contributed by atoms with Gasteiger partial charge >= 0.3 is 0 Å². The summed E-state index contributed by atoms with van der Waals surface area (Å²) < 4.78 is 0. The number of aryl methyl sites for hydroxylation is 1. The van der Waals surface area contributed by atoms with Crippen LogP contribution in [0.5, 0.6) is 0 Å². The lowest BCUT2D eigenvalue weighted by Gasteiger charge is -1.99. The molecule has 1 heterocycles. The molecule has 4 heteroatoms. The minimum Gasteiger partial charge on any atom is -0.320 e. The molecule has 0 radical (unpaired) electrons. The van der Waals surface area contributed by atoms with Gasteiger partial charge in [-0.2, -0.15) is 0 Å². The van der Waals surface area contributed by atoms with Gasteiger partial charge in [0.05, 0.1) is 0 Å². The van der Waals surface area contributed by atoms with Crippen molar-refractivity contribution in [3.05, 3.63) is 18.0 Å². The van der Waals surface area contributed by atoms with Crippen molar-refractivity contribution in [2.24, 2.45) is 0 Å². The molecule has 13 heavy (non-hydrogen) atoms. The Kier molecular flexibility index (Phi) is 4.78. The first-order valence-corrected chi connectivity index (χ1v) is 5.37. The van der Waals surface area contributed by atoms with Crippen LogP contribution < -0.4 is 5.32 Å². The second kappa shape index (κ2) is 5.94. The molecule has 1 aromatic rings. The number of nitrogens with zero attached hydrogens (tertiary/aromatic N) is 2. The van der Waals surface area contributed by atoms with Crippen molar-refractivity contribution < 1.29 is 0 Å². The van der Waals surface area contributed by atoms with Crippen molar-refractivity contribution in [3.8, 4) is 0 Å². The van der Waals surface area contributed by atoms with Crippen LogP contribution in [0.2, 0.25) is 0 Å². The number of hydrogen-bond donors (Lipinski definition) is 1. The molecular weight excluding hydrogens is 182 g/mol. The van der Waals surface area contributed by atoms with E-state index in [4.69, 9.17) is 0 Å². The Labute approximate surface area is 83.4 Å².